The number of aliphatic hydroxyl groups is 2. The predicted octanol–water partition coefficient (Wildman–Crippen LogP) is 0.578. The van der Waals surface area contributed by atoms with E-state index in [1.54, 1.807) is 7.11 Å². The highest BCUT2D eigenvalue weighted by Crippen LogP contribution is 2.18. The van der Waals surface area contributed by atoms with Crippen molar-refractivity contribution in [3.8, 4) is 0 Å². The Balaban J connectivity index is 3.50. The van der Waals surface area contributed by atoms with Crippen LogP contribution in [0.3, 0.4) is 0 Å². The molecule has 0 rings (SSSR count). The van der Waals surface area contributed by atoms with Gasteiger partial charge in [0.05, 0.1) is 32.0 Å². The third-order valence-corrected chi connectivity index (χ3v) is 2.87. The largest absolute Gasteiger partial charge is 0.394 e. The van der Waals surface area contributed by atoms with Crippen molar-refractivity contribution >= 4 is 0 Å². The highest BCUT2D eigenvalue weighted by molar-refractivity contribution is 4.72. The Kier molecular flexibility index (Phi) is 9.68. The smallest absolute Gasteiger partial charge is 0.101 e. The minimum atomic E-state index is -0.642. The molecule has 17 heavy (non-hydrogen) atoms. The molecule has 0 radical (unpaired) electrons. The van der Waals surface area contributed by atoms with Crippen molar-refractivity contribution in [2.24, 2.45) is 0 Å². The average molecular weight is 250 g/mol. The van der Waals surface area contributed by atoms with E-state index in [0.717, 1.165) is 12.8 Å². The van der Waals surface area contributed by atoms with Crippen molar-refractivity contribution in [2.75, 3.05) is 40.1 Å². The van der Waals surface area contributed by atoms with Gasteiger partial charge in [-0.2, -0.15) is 0 Å². The summed E-state index contributed by atoms with van der Waals surface area (Å²) in [6.07, 6.45) is 1.08. The third kappa shape index (κ3) is 8.51. The van der Waals surface area contributed by atoms with Gasteiger partial charge in [0, 0.05) is 13.7 Å². The van der Waals surface area contributed by atoms with E-state index in [-0.39, 0.29) is 32.0 Å². The molecule has 0 aliphatic rings. The van der Waals surface area contributed by atoms with Crippen molar-refractivity contribution in [3.63, 3.8) is 0 Å². The van der Waals surface area contributed by atoms with Crippen LogP contribution >= 0.6 is 0 Å². The molecule has 0 spiro atoms. The Labute approximate surface area is 104 Å². The van der Waals surface area contributed by atoms with E-state index in [2.05, 4.69) is 6.92 Å². The molecule has 0 heterocycles. The normalized spacial score (nSPS) is 16.8. The lowest BCUT2D eigenvalue weighted by Crippen LogP contribution is -2.29. The van der Waals surface area contributed by atoms with Gasteiger partial charge in [-0.3, -0.25) is 0 Å². The molecule has 0 aromatic heterocycles. The third-order valence-electron chi connectivity index (χ3n) is 2.87. The molecular weight excluding hydrogens is 224 g/mol. The van der Waals surface area contributed by atoms with Crippen LogP contribution in [0.1, 0.15) is 26.7 Å². The summed E-state index contributed by atoms with van der Waals surface area (Å²) in [6, 6.07) is 0. The second kappa shape index (κ2) is 9.79. The van der Waals surface area contributed by atoms with Gasteiger partial charge in [0.15, 0.2) is 0 Å². The van der Waals surface area contributed by atoms with E-state index in [4.69, 9.17) is 19.3 Å². The Bertz CT molecular complexity index is 170. The lowest BCUT2D eigenvalue weighted by atomic mass is 10.00. The van der Waals surface area contributed by atoms with Gasteiger partial charge in [0.1, 0.15) is 6.10 Å². The average Bonchev–Trinajstić information content (AvgIpc) is 2.35. The molecule has 0 aliphatic heterocycles. The molecule has 0 aliphatic carbocycles. The van der Waals surface area contributed by atoms with E-state index in [1.807, 2.05) is 6.92 Å². The SMILES string of the molecule is CCC(C)(CCOCC(O)COCCO)OC. The summed E-state index contributed by atoms with van der Waals surface area (Å²) in [4.78, 5) is 0. The van der Waals surface area contributed by atoms with Gasteiger partial charge in [-0.1, -0.05) is 6.92 Å². The van der Waals surface area contributed by atoms with Gasteiger partial charge >= 0.3 is 0 Å². The maximum atomic E-state index is 9.46. The maximum Gasteiger partial charge on any atom is 0.101 e. The van der Waals surface area contributed by atoms with Crippen LogP contribution < -0.4 is 0 Å². The monoisotopic (exact) mass is 250 g/mol. The van der Waals surface area contributed by atoms with Crippen molar-refractivity contribution in [2.45, 2.75) is 38.4 Å². The molecule has 2 atom stereocenters. The van der Waals surface area contributed by atoms with Gasteiger partial charge < -0.3 is 24.4 Å². The topological polar surface area (TPSA) is 68.2 Å². The van der Waals surface area contributed by atoms with Crippen molar-refractivity contribution in [1.29, 1.82) is 0 Å². The summed E-state index contributed by atoms with van der Waals surface area (Å²) < 4.78 is 15.7. The van der Waals surface area contributed by atoms with E-state index >= 15 is 0 Å². The molecule has 2 unspecified atom stereocenters. The fourth-order valence-electron chi connectivity index (χ4n) is 1.26. The molecule has 5 heteroatoms. The summed E-state index contributed by atoms with van der Waals surface area (Å²) in [6.45, 7) is 5.31. The fraction of sp³-hybridized carbons (Fsp3) is 1.00. The van der Waals surface area contributed by atoms with Crippen LogP contribution in [0.4, 0.5) is 0 Å². The van der Waals surface area contributed by atoms with Crippen molar-refractivity contribution < 1.29 is 24.4 Å². The zero-order valence-corrected chi connectivity index (χ0v) is 11.1. The summed E-state index contributed by atoms with van der Waals surface area (Å²) in [5, 5.41) is 17.9. The summed E-state index contributed by atoms with van der Waals surface area (Å²) >= 11 is 0. The molecule has 0 aromatic rings. The summed E-state index contributed by atoms with van der Waals surface area (Å²) in [5.74, 6) is 0. The fourth-order valence-corrected chi connectivity index (χ4v) is 1.26. The van der Waals surface area contributed by atoms with Gasteiger partial charge in [-0.15, -0.1) is 0 Å². The van der Waals surface area contributed by atoms with Crippen LogP contribution in [0, 0.1) is 0 Å². The second-order valence-corrected chi connectivity index (χ2v) is 4.28. The van der Waals surface area contributed by atoms with Crippen LogP contribution in [0.5, 0.6) is 0 Å². The number of methoxy groups -OCH3 is 1. The zero-order valence-electron chi connectivity index (χ0n) is 11.1. The van der Waals surface area contributed by atoms with E-state index in [0.29, 0.717) is 6.61 Å². The molecule has 0 bridgehead atoms. The number of ether oxygens (including phenoxy) is 3. The first-order valence-corrected chi connectivity index (χ1v) is 6.07. The number of rotatable bonds is 11. The number of hydrogen-bond donors (Lipinski definition) is 2. The quantitative estimate of drug-likeness (QED) is 0.525. The maximum absolute atomic E-state index is 9.46. The van der Waals surface area contributed by atoms with Crippen molar-refractivity contribution in [1.82, 2.24) is 0 Å². The molecule has 104 valence electrons. The predicted molar refractivity (Wildman–Crippen MR) is 65.1 cm³/mol. The standard InChI is InChI=1S/C12H26O5/c1-4-12(2,15-3)5-7-16-9-11(14)10-17-8-6-13/h11,13-14H,4-10H2,1-3H3. The van der Waals surface area contributed by atoms with Gasteiger partial charge in [-0.25, -0.2) is 0 Å². The lowest BCUT2D eigenvalue weighted by molar-refractivity contribution is -0.0520. The number of aliphatic hydroxyl groups excluding tert-OH is 2. The molecule has 0 fully saturated rings. The molecular formula is C12H26O5. The minimum absolute atomic E-state index is 0.0315. The summed E-state index contributed by atoms with van der Waals surface area (Å²) in [7, 11) is 1.70. The highest BCUT2D eigenvalue weighted by atomic mass is 16.5. The van der Waals surface area contributed by atoms with Crippen molar-refractivity contribution in [3.05, 3.63) is 0 Å². The Morgan fingerprint density at radius 2 is 1.76 bits per heavy atom. The van der Waals surface area contributed by atoms with E-state index in [1.165, 1.54) is 0 Å². The molecule has 2 N–H and O–H groups in total. The second-order valence-electron chi connectivity index (χ2n) is 4.28. The van der Waals surface area contributed by atoms with Crippen LogP contribution in [-0.4, -0.2) is 62.1 Å². The van der Waals surface area contributed by atoms with Crippen LogP contribution in [0.2, 0.25) is 0 Å². The molecule has 5 nitrogen and oxygen atoms in total. The van der Waals surface area contributed by atoms with Gasteiger partial charge in [0.2, 0.25) is 0 Å². The Morgan fingerprint density at radius 1 is 1.18 bits per heavy atom. The molecule has 0 saturated carbocycles. The molecule has 0 aromatic carbocycles. The minimum Gasteiger partial charge on any atom is -0.394 e. The Morgan fingerprint density at radius 3 is 2.24 bits per heavy atom. The van der Waals surface area contributed by atoms with E-state index in [9.17, 15) is 5.11 Å². The molecule has 0 amide bonds. The first-order chi connectivity index (χ1) is 8.08. The van der Waals surface area contributed by atoms with E-state index < -0.39 is 6.10 Å². The van der Waals surface area contributed by atoms with Gasteiger partial charge in [-0.05, 0) is 19.8 Å². The number of hydrogen-bond acceptors (Lipinski definition) is 5. The summed E-state index contributed by atoms with van der Waals surface area (Å²) in [5.41, 5.74) is -0.154. The zero-order chi connectivity index (χ0) is 13.1. The van der Waals surface area contributed by atoms with Gasteiger partial charge in [0.25, 0.3) is 0 Å². The Hall–Kier alpha value is -0.200. The highest BCUT2D eigenvalue weighted by Gasteiger charge is 2.20. The van der Waals surface area contributed by atoms with Crippen LogP contribution in [0.15, 0.2) is 0 Å². The molecule has 0 saturated heterocycles. The first kappa shape index (κ1) is 16.8. The first-order valence-electron chi connectivity index (χ1n) is 6.07. The lowest BCUT2D eigenvalue weighted by Gasteiger charge is -2.26. The van der Waals surface area contributed by atoms with Crippen LogP contribution in [-0.2, 0) is 14.2 Å². The van der Waals surface area contributed by atoms with Crippen LogP contribution in [0.25, 0.3) is 0 Å².